The molecule has 0 atom stereocenters. The zero-order valence-electron chi connectivity index (χ0n) is 14.1. The number of carbonyl (C=O) groups is 1. The molecule has 2 N–H and O–H groups in total. The second kappa shape index (κ2) is 5.92. The van der Waals surface area contributed by atoms with Crippen molar-refractivity contribution in [1.29, 1.82) is 0 Å². The van der Waals surface area contributed by atoms with E-state index in [0.717, 1.165) is 6.42 Å². The molecule has 1 aromatic heterocycles. The van der Waals surface area contributed by atoms with E-state index < -0.39 is 17.2 Å². The van der Waals surface area contributed by atoms with Crippen molar-refractivity contribution < 1.29 is 23.4 Å². The van der Waals surface area contributed by atoms with Gasteiger partial charge in [-0.15, -0.1) is 0 Å². The minimum atomic E-state index is -0.948. The van der Waals surface area contributed by atoms with Gasteiger partial charge in [0.1, 0.15) is 17.4 Å². The van der Waals surface area contributed by atoms with Gasteiger partial charge >= 0.3 is 0 Å². The molecule has 0 amide bonds. The molecule has 0 unspecified atom stereocenters. The molecule has 4 rings (SSSR count). The van der Waals surface area contributed by atoms with E-state index in [1.807, 2.05) is 0 Å². The van der Waals surface area contributed by atoms with Gasteiger partial charge in [-0.3, -0.25) is 4.79 Å². The van der Waals surface area contributed by atoms with E-state index in [2.05, 4.69) is 4.98 Å². The van der Waals surface area contributed by atoms with Crippen LogP contribution in [0.25, 0.3) is 22.0 Å². The summed E-state index contributed by atoms with van der Waals surface area (Å²) < 4.78 is 35.0. The average molecular weight is 357 g/mol. The van der Waals surface area contributed by atoms with Crippen LogP contribution in [0.1, 0.15) is 35.2 Å². The Bertz CT molecular complexity index is 1020. The smallest absolute Gasteiger partial charge is 0.152 e. The second-order valence-corrected chi connectivity index (χ2v) is 6.63. The third-order valence-electron chi connectivity index (χ3n) is 5.19. The lowest BCUT2D eigenvalue weighted by atomic mass is 9.74. The maximum absolute atomic E-state index is 15.0. The number of aromatic amines is 1. The molecule has 1 fully saturated rings. The lowest BCUT2D eigenvalue weighted by molar-refractivity contribution is -0.0404. The van der Waals surface area contributed by atoms with Crippen LogP contribution in [0, 0.1) is 11.6 Å². The Balaban J connectivity index is 1.91. The Morgan fingerprint density at radius 2 is 2.04 bits per heavy atom. The Morgan fingerprint density at radius 1 is 1.27 bits per heavy atom. The number of benzene rings is 2. The van der Waals surface area contributed by atoms with Crippen molar-refractivity contribution in [3.8, 4) is 16.9 Å². The standard InChI is InChI=1S/C20H17F2NO3/c1-26-16-7-11(3-4-13(16)20(25)5-2-6-20)17-14(21)8-15-18(19(17)22)12(10-24)9-23-15/h3-4,7-10,23,25H,2,5-6H2,1H3. The lowest BCUT2D eigenvalue weighted by Gasteiger charge is -2.38. The minimum Gasteiger partial charge on any atom is -0.496 e. The van der Waals surface area contributed by atoms with E-state index in [1.165, 1.54) is 25.4 Å². The summed E-state index contributed by atoms with van der Waals surface area (Å²) in [6, 6.07) is 5.90. The Hall–Kier alpha value is -2.73. The van der Waals surface area contributed by atoms with Crippen molar-refractivity contribution in [2.45, 2.75) is 24.9 Å². The van der Waals surface area contributed by atoms with E-state index in [9.17, 15) is 14.3 Å². The first-order valence-electron chi connectivity index (χ1n) is 8.34. The molecule has 4 nitrogen and oxygen atoms in total. The number of aromatic nitrogens is 1. The monoisotopic (exact) mass is 357 g/mol. The summed E-state index contributed by atoms with van der Waals surface area (Å²) in [6.45, 7) is 0. The maximum Gasteiger partial charge on any atom is 0.152 e. The van der Waals surface area contributed by atoms with Crippen molar-refractivity contribution >= 4 is 17.2 Å². The Labute approximate surface area is 148 Å². The number of rotatable bonds is 4. The number of H-pyrrole nitrogens is 1. The summed E-state index contributed by atoms with van der Waals surface area (Å²) in [5.74, 6) is -1.17. The van der Waals surface area contributed by atoms with E-state index in [-0.39, 0.29) is 27.6 Å². The van der Waals surface area contributed by atoms with E-state index >= 15 is 4.39 Å². The summed E-state index contributed by atoms with van der Waals surface area (Å²) in [7, 11) is 1.46. The number of hydrogen-bond acceptors (Lipinski definition) is 3. The van der Waals surface area contributed by atoms with Crippen molar-refractivity contribution in [3.63, 3.8) is 0 Å². The molecule has 1 aliphatic rings. The normalized spacial score (nSPS) is 15.7. The van der Waals surface area contributed by atoms with Gasteiger partial charge in [0.2, 0.25) is 0 Å². The summed E-state index contributed by atoms with van der Waals surface area (Å²) in [5, 5.41) is 10.6. The first-order chi connectivity index (χ1) is 12.5. The van der Waals surface area contributed by atoms with Crippen LogP contribution >= 0.6 is 0 Å². The molecule has 0 radical (unpaired) electrons. The number of aliphatic hydroxyl groups is 1. The molecule has 0 saturated heterocycles. The van der Waals surface area contributed by atoms with Gasteiger partial charge in [-0.2, -0.15) is 0 Å². The highest BCUT2D eigenvalue weighted by molar-refractivity contribution is 5.99. The fourth-order valence-corrected chi connectivity index (χ4v) is 3.61. The first kappa shape index (κ1) is 16.7. The number of aldehydes is 1. The molecule has 1 saturated carbocycles. The van der Waals surface area contributed by atoms with Gasteiger partial charge in [0.25, 0.3) is 0 Å². The molecule has 1 aliphatic carbocycles. The average Bonchev–Trinajstić information content (AvgIpc) is 3.02. The molecule has 0 bridgehead atoms. The SMILES string of the molecule is COc1cc(-c2c(F)cc3[nH]cc(C=O)c3c2F)ccc1C1(O)CCC1. The quantitative estimate of drug-likeness (QED) is 0.684. The van der Waals surface area contributed by atoms with Crippen LogP contribution in [-0.2, 0) is 5.60 Å². The summed E-state index contributed by atoms with van der Waals surface area (Å²) >= 11 is 0. The van der Waals surface area contributed by atoms with Crippen molar-refractivity contribution in [2.75, 3.05) is 7.11 Å². The Kier molecular flexibility index (Phi) is 3.80. The number of ether oxygens (including phenoxy) is 1. The molecule has 3 aromatic rings. The number of halogens is 2. The zero-order chi connectivity index (χ0) is 18.5. The topological polar surface area (TPSA) is 62.3 Å². The van der Waals surface area contributed by atoms with Crippen LogP contribution in [0.2, 0.25) is 0 Å². The van der Waals surface area contributed by atoms with Gasteiger partial charge in [-0.25, -0.2) is 8.78 Å². The third-order valence-corrected chi connectivity index (χ3v) is 5.19. The van der Waals surface area contributed by atoms with E-state index in [4.69, 9.17) is 4.74 Å². The maximum atomic E-state index is 15.0. The third kappa shape index (κ3) is 2.33. The lowest BCUT2D eigenvalue weighted by Crippen LogP contribution is -2.34. The number of carbonyl (C=O) groups excluding carboxylic acids is 1. The van der Waals surface area contributed by atoms with Gasteiger partial charge < -0.3 is 14.8 Å². The van der Waals surface area contributed by atoms with Crippen LogP contribution in [-0.4, -0.2) is 23.5 Å². The molecule has 2 aromatic carbocycles. The Morgan fingerprint density at radius 3 is 2.65 bits per heavy atom. The van der Waals surface area contributed by atoms with Crippen molar-refractivity contribution in [1.82, 2.24) is 4.98 Å². The van der Waals surface area contributed by atoms with Crippen molar-refractivity contribution in [2.24, 2.45) is 0 Å². The van der Waals surface area contributed by atoms with Gasteiger partial charge in [-0.05, 0) is 37.0 Å². The first-order valence-corrected chi connectivity index (χ1v) is 8.34. The van der Waals surface area contributed by atoms with Crippen LogP contribution in [0.3, 0.4) is 0 Å². The van der Waals surface area contributed by atoms with Gasteiger partial charge in [0, 0.05) is 22.7 Å². The fourth-order valence-electron chi connectivity index (χ4n) is 3.61. The van der Waals surface area contributed by atoms with E-state index in [0.29, 0.717) is 30.4 Å². The highest BCUT2D eigenvalue weighted by atomic mass is 19.1. The summed E-state index contributed by atoms with van der Waals surface area (Å²) in [5.41, 5.74) is 0.0709. The highest BCUT2D eigenvalue weighted by Crippen LogP contribution is 2.46. The predicted molar refractivity (Wildman–Crippen MR) is 93.3 cm³/mol. The largest absolute Gasteiger partial charge is 0.496 e. The van der Waals surface area contributed by atoms with Gasteiger partial charge in [0.05, 0.1) is 23.8 Å². The van der Waals surface area contributed by atoms with E-state index in [1.54, 1.807) is 12.1 Å². The molecule has 26 heavy (non-hydrogen) atoms. The summed E-state index contributed by atoms with van der Waals surface area (Å²) in [6.07, 6.45) is 4.05. The molecule has 6 heteroatoms. The van der Waals surface area contributed by atoms with Crippen LogP contribution < -0.4 is 4.74 Å². The molecule has 0 spiro atoms. The minimum absolute atomic E-state index is 0.0528. The number of hydrogen-bond donors (Lipinski definition) is 2. The summed E-state index contributed by atoms with van der Waals surface area (Å²) in [4.78, 5) is 13.8. The number of nitrogens with one attached hydrogen (secondary N) is 1. The van der Waals surface area contributed by atoms with Gasteiger partial charge in [0.15, 0.2) is 6.29 Å². The van der Waals surface area contributed by atoms with Crippen LogP contribution in [0.15, 0.2) is 30.5 Å². The molecular weight excluding hydrogens is 340 g/mol. The van der Waals surface area contributed by atoms with Crippen LogP contribution in [0.5, 0.6) is 5.75 Å². The molecule has 134 valence electrons. The highest BCUT2D eigenvalue weighted by Gasteiger charge is 2.38. The molecule has 0 aliphatic heterocycles. The fraction of sp³-hybridized carbons (Fsp3) is 0.250. The molecular formula is C20H17F2NO3. The number of fused-ring (bicyclic) bond motifs is 1. The van der Waals surface area contributed by atoms with Gasteiger partial charge in [-0.1, -0.05) is 12.1 Å². The predicted octanol–water partition coefficient (Wildman–Crippen LogP) is 4.31. The molecule has 1 heterocycles. The van der Waals surface area contributed by atoms with Crippen LogP contribution in [0.4, 0.5) is 8.78 Å². The van der Waals surface area contributed by atoms with Crippen molar-refractivity contribution in [3.05, 3.63) is 53.2 Å². The zero-order valence-corrected chi connectivity index (χ0v) is 14.1. The second-order valence-electron chi connectivity index (χ2n) is 6.63. The number of methoxy groups -OCH3 is 1.